The molecule has 0 aliphatic rings. The van der Waals surface area contributed by atoms with E-state index in [2.05, 4.69) is 20.9 Å². The molecule has 0 amide bonds. The third-order valence-electron chi connectivity index (χ3n) is 4.87. The Hall–Kier alpha value is 0.177. The molecule has 0 aromatic carbocycles. The van der Waals surface area contributed by atoms with E-state index < -0.39 is 0 Å². The lowest BCUT2D eigenvalue weighted by molar-refractivity contribution is -0.899. The molecule has 0 unspecified atom stereocenters. The van der Waals surface area contributed by atoms with Gasteiger partial charge in [-0.2, -0.15) is 0 Å². The van der Waals surface area contributed by atoms with E-state index >= 15 is 0 Å². The van der Waals surface area contributed by atoms with Gasteiger partial charge in [0.15, 0.2) is 0 Å². The van der Waals surface area contributed by atoms with Crippen LogP contribution >= 0.6 is 0 Å². The minimum atomic E-state index is 1.36. The van der Waals surface area contributed by atoms with Crippen LogP contribution in [0.5, 0.6) is 0 Å². The maximum absolute atomic E-state index is 2.51. The van der Waals surface area contributed by atoms with Crippen molar-refractivity contribution in [3.8, 4) is 0 Å². The van der Waals surface area contributed by atoms with Crippen molar-refractivity contribution in [3.63, 3.8) is 0 Å². The summed E-state index contributed by atoms with van der Waals surface area (Å²) >= 11 is 0. The van der Waals surface area contributed by atoms with Crippen LogP contribution in [0.4, 0.5) is 0 Å². The molecule has 0 atom stereocenters. The molecular formula is C18H42NSi+. The molecule has 2 heteroatoms. The van der Waals surface area contributed by atoms with Gasteiger partial charge in [0, 0.05) is 0 Å². The van der Waals surface area contributed by atoms with Crippen LogP contribution in [0.15, 0.2) is 0 Å². The van der Waals surface area contributed by atoms with Crippen molar-refractivity contribution >= 4 is 10.2 Å². The number of hydrogen-bond donors (Lipinski definition) is 0. The number of quaternary nitrogens is 1. The Morgan fingerprint density at radius 3 is 1.30 bits per heavy atom. The zero-order valence-corrected chi connectivity index (χ0v) is 17.1. The number of rotatable bonds is 15. The molecule has 0 heterocycles. The summed E-state index contributed by atoms with van der Waals surface area (Å²) in [7, 11) is 3.86. The Bertz CT molecular complexity index is 178. The number of unbranched alkanes of at least 4 members (excludes halogenated alkanes) is 10. The van der Waals surface area contributed by atoms with E-state index in [9.17, 15) is 0 Å². The maximum Gasteiger partial charge on any atom is 0.0781 e. The Morgan fingerprint density at radius 1 is 0.600 bits per heavy atom. The minimum Gasteiger partial charge on any atom is -0.330 e. The summed E-state index contributed by atoms with van der Waals surface area (Å²) in [5.74, 6) is 0. The zero-order valence-electron chi connectivity index (χ0n) is 15.1. The largest absolute Gasteiger partial charge is 0.330 e. The molecule has 0 aromatic rings. The summed E-state index contributed by atoms with van der Waals surface area (Å²) in [6, 6.07) is 0. The summed E-state index contributed by atoms with van der Waals surface area (Å²) in [5, 5.41) is 0. The van der Waals surface area contributed by atoms with E-state index in [4.69, 9.17) is 0 Å². The average molecular weight is 301 g/mol. The second-order valence-electron chi connectivity index (χ2n) is 6.92. The van der Waals surface area contributed by atoms with Crippen LogP contribution in [-0.4, -0.2) is 41.0 Å². The fourth-order valence-electron chi connectivity index (χ4n) is 2.98. The van der Waals surface area contributed by atoms with Gasteiger partial charge in [-0.25, -0.2) is 0 Å². The van der Waals surface area contributed by atoms with Gasteiger partial charge in [0.25, 0.3) is 0 Å². The third-order valence-corrected chi connectivity index (χ3v) is 6.39. The highest BCUT2D eigenvalue weighted by atomic mass is 28.1. The van der Waals surface area contributed by atoms with Gasteiger partial charge in [-0.3, -0.25) is 0 Å². The fourth-order valence-corrected chi connectivity index (χ4v) is 3.61. The SMILES string of the molecule is CCCCCCCC[N+](C)(C[SiH3])CCCCCCCC. The van der Waals surface area contributed by atoms with Crippen LogP contribution in [-0.2, 0) is 0 Å². The molecule has 0 bridgehead atoms. The molecule has 20 heavy (non-hydrogen) atoms. The summed E-state index contributed by atoms with van der Waals surface area (Å²) in [5.41, 5.74) is 0. The third kappa shape index (κ3) is 12.0. The Kier molecular flexibility index (Phi) is 14.3. The van der Waals surface area contributed by atoms with E-state index in [0.717, 1.165) is 0 Å². The Morgan fingerprint density at radius 2 is 0.950 bits per heavy atom. The van der Waals surface area contributed by atoms with Crippen molar-refractivity contribution in [2.75, 3.05) is 26.3 Å². The summed E-state index contributed by atoms with van der Waals surface area (Å²) < 4.78 is 1.37. The second-order valence-corrected chi connectivity index (χ2v) is 7.55. The highest BCUT2D eigenvalue weighted by Crippen LogP contribution is 2.12. The molecule has 0 N–H and O–H groups in total. The first-order valence-corrected chi connectivity index (χ1v) is 10.9. The van der Waals surface area contributed by atoms with E-state index in [0.29, 0.717) is 0 Å². The zero-order chi connectivity index (χ0) is 15.1. The molecular weight excluding hydrogens is 258 g/mol. The summed E-state index contributed by atoms with van der Waals surface area (Å²) in [6.45, 7) is 7.47. The normalized spacial score (nSPS) is 12.2. The Balaban J connectivity index is 3.57. The molecule has 0 saturated heterocycles. The molecule has 0 aromatic heterocycles. The van der Waals surface area contributed by atoms with Crippen molar-refractivity contribution in [2.45, 2.75) is 90.9 Å². The standard InChI is InChI=1S/C18H42NSi/c1-4-6-8-10-12-14-16-19(3,18-20)17-15-13-11-9-7-5-2/h4-18H2,1-3,20H3/q+1. The number of nitrogens with zero attached hydrogens (tertiary/aromatic N) is 1. The molecule has 0 fully saturated rings. The van der Waals surface area contributed by atoms with Gasteiger partial charge in [0.2, 0.25) is 0 Å². The quantitative estimate of drug-likeness (QED) is 0.238. The van der Waals surface area contributed by atoms with Crippen molar-refractivity contribution in [2.24, 2.45) is 0 Å². The summed E-state index contributed by atoms with van der Waals surface area (Å²) in [4.78, 5) is 0. The van der Waals surface area contributed by atoms with Crippen molar-refractivity contribution < 1.29 is 4.48 Å². The first kappa shape index (κ1) is 20.2. The predicted octanol–water partition coefficient (Wildman–Crippen LogP) is 4.48. The maximum atomic E-state index is 2.51. The average Bonchev–Trinajstić information content (AvgIpc) is 2.46. The van der Waals surface area contributed by atoms with E-state index in [-0.39, 0.29) is 0 Å². The fraction of sp³-hybridized carbons (Fsp3) is 1.00. The van der Waals surface area contributed by atoms with Gasteiger partial charge >= 0.3 is 0 Å². The molecule has 0 radical (unpaired) electrons. The smallest absolute Gasteiger partial charge is 0.0781 e. The van der Waals surface area contributed by atoms with Crippen LogP contribution in [0, 0.1) is 0 Å². The monoisotopic (exact) mass is 300 g/mol. The molecule has 0 aliphatic heterocycles. The van der Waals surface area contributed by atoms with Crippen LogP contribution in [0.25, 0.3) is 0 Å². The minimum absolute atomic E-state index is 1.36. The predicted molar refractivity (Wildman–Crippen MR) is 97.5 cm³/mol. The Labute approximate surface area is 132 Å². The van der Waals surface area contributed by atoms with Gasteiger partial charge in [0.1, 0.15) is 0 Å². The van der Waals surface area contributed by atoms with Gasteiger partial charge in [-0.15, -0.1) is 0 Å². The lowest BCUT2D eigenvalue weighted by atomic mass is 10.1. The first-order valence-electron chi connectivity index (χ1n) is 9.52. The van der Waals surface area contributed by atoms with Crippen LogP contribution in [0.3, 0.4) is 0 Å². The van der Waals surface area contributed by atoms with Crippen LogP contribution in [0.2, 0.25) is 0 Å². The van der Waals surface area contributed by atoms with E-state index in [1.54, 1.807) is 0 Å². The lowest BCUT2D eigenvalue weighted by Gasteiger charge is -2.34. The molecule has 1 nitrogen and oxygen atoms in total. The molecule has 122 valence electrons. The van der Waals surface area contributed by atoms with Gasteiger partial charge in [0.05, 0.1) is 36.5 Å². The molecule has 0 saturated carbocycles. The van der Waals surface area contributed by atoms with Gasteiger partial charge in [-0.05, 0) is 25.7 Å². The van der Waals surface area contributed by atoms with E-state index in [1.165, 1.54) is 111 Å². The summed E-state index contributed by atoms with van der Waals surface area (Å²) in [6.07, 6.45) is 18.7. The van der Waals surface area contributed by atoms with Gasteiger partial charge in [-0.1, -0.05) is 65.2 Å². The van der Waals surface area contributed by atoms with Crippen LogP contribution in [0.1, 0.15) is 90.9 Å². The van der Waals surface area contributed by atoms with E-state index in [1.807, 2.05) is 0 Å². The topological polar surface area (TPSA) is 0 Å². The van der Waals surface area contributed by atoms with Gasteiger partial charge < -0.3 is 4.48 Å². The number of hydrogen-bond acceptors (Lipinski definition) is 0. The highest BCUT2D eigenvalue weighted by molar-refractivity contribution is 6.08. The molecule has 0 spiro atoms. The second kappa shape index (κ2) is 14.1. The first-order chi connectivity index (χ1) is 9.68. The highest BCUT2D eigenvalue weighted by Gasteiger charge is 2.17. The lowest BCUT2D eigenvalue weighted by Crippen LogP contribution is -2.46. The van der Waals surface area contributed by atoms with Crippen molar-refractivity contribution in [3.05, 3.63) is 0 Å². The van der Waals surface area contributed by atoms with Crippen molar-refractivity contribution in [1.82, 2.24) is 0 Å². The van der Waals surface area contributed by atoms with Crippen molar-refractivity contribution in [1.29, 1.82) is 0 Å². The molecule has 0 rings (SSSR count). The van der Waals surface area contributed by atoms with Crippen LogP contribution < -0.4 is 0 Å². The molecule has 0 aliphatic carbocycles.